The predicted molar refractivity (Wildman–Crippen MR) is 113 cm³/mol. The van der Waals surface area contributed by atoms with Gasteiger partial charge in [0.2, 0.25) is 2.86 Å². The van der Waals surface area contributed by atoms with Crippen LogP contribution >= 0.6 is 0 Å². The van der Waals surface area contributed by atoms with E-state index in [4.69, 9.17) is 2.86 Å². The first kappa shape index (κ1) is 19.9. The van der Waals surface area contributed by atoms with E-state index in [0.29, 0.717) is 0 Å². The van der Waals surface area contributed by atoms with Crippen molar-refractivity contribution in [1.82, 2.24) is 0 Å². The van der Waals surface area contributed by atoms with Crippen LogP contribution in [0, 0.1) is 0 Å². The van der Waals surface area contributed by atoms with Crippen molar-refractivity contribution < 1.29 is 10.2 Å². The first-order valence-electron chi connectivity index (χ1n) is 9.62. The lowest BCUT2D eigenvalue weighted by atomic mass is 9.71. The Morgan fingerprint density at radius 2 is 0.769 bits per heavy atom. The molecule has 0 heterocycles. The molecule has 2 nitrogen and oxygen atoms in total. The van der Waals surface area contributed by atoms with Gasteiger partial charge < -0.3 is 10.2 Å². The van der Waals surface area contributed by atoms with Gasteiger partial charge in [0.25, 0.3) is 0 Å². The maximum Gasteiger partial charge on any atom is 0.210 e. The van der Waals surface area contributed by atoms with E-state index in [1.165, 1.54) is 30.9 Å². The molecule has 26 heavy (non-hydrogen) atoms. The highest BCUT2D eigenvalue weighted by Gasteiger charge is 2.30. The second-order valence-corrected chi connectivity index (χ2v) is 5.22. The minimum absolute atomic E-state index is 0.121. The third-order valence-corrected chi connectivity index (χ3v) is 4.05. The summed E-state index contributed by atoms with van der Waals surface area (Å²) in [6, 6.07) is 32.1. The summed E-state index contributed by atoms with van der Waals surface area (Å²) in [7, 11) is 2.58. The quantitative estimate of drug-likeness (QED) is 0.628. The molecule has 0 saturated carbocycles. The molecule has 0 aliphatic carbocycles. The molecule has 0 aliphatic heterocycles. The van der Waals surface area contributed by atoms with E-state index in [-0.39, 0.29) is 5.41 Å². The minimum Gasteiger partial charge on any atom is -0.400 e. The standard InChI is InChI=1S/C20H18.C2H6.2CH4O/c1-20(17-11-5-2-6-12-17,18-13-7-3-8-14-18)19-15-9-4-10-16-19;3*1-2/h2-16H,1H3;1-2H3;2*2H,1H3/i;;2*2D. The minimum atomic E-state index is -0.121. The van der Waals surface area contributed by atoms with E-state index in [9.17, 15) is 0 Å². The first-order chi connectivity index (χ1) is 13.6. The smallest absolute Gasteiger partial charge is 0.210 e. The van der Waals surface area contributed by atoms with E-state index in [1.54, 1.807) is 0 Å². The number of aliphatic hydroxyl groups is 2. The number of aliphatic hydroxyl groups excluding tert-OH is 2. The Labute approximate surface area is 161 Å². The Bertz CT molecular complexity index is 606. The van der Waals surface area contributed by atoms with E-state index in [0.717, 1.165) is 0 Å². The molecule has 3 aromatic rings. The van der Waals surface area contributed by atoms with Gasteiger partial charge in [-0.1, -0.05) is 105 Å². The predicted octanol–water partition coefficient (Wildman–Crippen LogP) is 5.28. The highest BCUT2D eigenvalue weighted by molar-refractivity contribution is 5.49. The van der Waals surface area contributed by atoms with Crippen molar-refractivity contribution in [3.05, 3.63) is 108 Å². The van der Waals surface area contributed by atoms with Gasteiger partial charge >= 0.3 is 0 Å². The average Bonchev–Trinajstić information content (AvgIpc) is 2.77. The van der Waals surface area contributed by atoms with Crippen molar-refractivity contribution >= 4 is 0 Å². The number of benzene rings is 3. The number of hydrogen-bond donors (Lipinski definition) is 2. The number of hydrogen-bond acceptors (Lipinski definition) is 2. The summed E-state index contributed by atoms with van der Waals surface area (Å²) >= 11 is 0. The van der Waals surface area contributed by atoms with Crippen LogP contribution in [0.3, 0.4) is 0 Å². The molecule has 0 atom stereocenters. The molecule has 2 heteroatoms. The van der Waals surface area contributed by atoms with Crippen molar-refractivity contribution in [2.24, 2.45) is 0 Å². The lowest BCUT2D eigenvalue weighted by Crippen LogP contribution is -2.25. The van der Waals surface area contributed by atoms with Crippen molar-refractivity contribution in [2.75, 3.05) is 14.2 Å². The number of rotatable bonds is 3. The van der Waals surface area contributed by atoms with E-state index in [2.05, 4.69) is 108 Å². The lowest BCUT2D eigenvalue weighted by Gasteiger charge is -2.31. The maximum atomic E-state index is 5.71. The molecule has 140 valence electrons. The highest BCUT2D eigenvalue weighted by Crippen LogP contribution is 2.38. The molecule has 0 bridgehead atoms. The van der Waals surface area contributed by atoms with Gasteiger partial charge in [0, 0.05) is 19.6 Å². The van der Waals surface area contributed by atoms with Crippen molar-refractivity contribution in [1.29, 1.82) is 2.86 Å². The molecule has 0 aliphatic rings. The summed E-state index contributed by atoms with van der Waals surface area (Å²) < 4.78 is 11.4. The van der Waals surface area contributed by atoms with Crippen LogP contribution in [0.25, 0.3) is 0 Å². The third kappa shape index (κ3) is 5.83. The fraction of sp³-hybridized carbons (Fsp3) is 0.250. The van der Waals surface area contributed by atoms with Crippen LogP contribution in [0.5, 0.6) is 0 Å². The monoisotopic (exact) mass is 354 g/mol. The molecule has 0 aromatic heterocycles. The topological polar surface area (TPSA) is 40.5 Å². The van der Waals surface area contributed by atoms with Crippen LogP contribution in [0.15, 0.2) is 91.0 Å². The zero-order valence-corrected chi connectivity index (χ0v) is 16.5. The summed E-state index contributed by atoms with van der Waals surface area (Å²) in [5, 5.41) is 7.00. The van der Waals surface area contributed by atoms with Gasteiger partial charge in [-0.2, -0.15) is 0 Å². The van der Waals surface area contributed by atoms with Crippen LogP contribution in [0.1, 0.15) is 37.5 Å². The Kier molecular flexibility index (Phi) is 10.6. The molecule has 2 N–H and O–H groups in total. The highest BCUT2D eigenvalue weighted by atomic mass is 16.2. The molecule has 0 amide bonds. The Balaban J connectivity index is 0.000000796. The van der Waals surface area contributed by atoms with Crippen LogP contribution < -0.4 is 0 Å². The normalized spacial score (nSPS) is 10.3. The molecule has 0 fully saturated rings. The summed E-state index contributed by atoms with van der Waals surface area (Å²) in [5.74, 6) is 0. The summed E-state index contributed by atoms with van der Waals surface area (Å²) in [4.78, 5) is 0. The van der Waals surface area contributed by atoms with Gasteiger partial charge in [-0.25, -0.2) is 0 Å². The third-order valence-electron chi connectivity index (χ3n) is 4.05. The SMILES string of the molecule is CC.CC(c1ccccc1)(c1ccccc1)c1ccccc1.[2H]OC.[2H]OC. The van der Waals surface area contributed by atoms with Crippen LogP contribution in [0.2, 0.25) is 0 Å². The summed E-state index contributed by atoms with van der Waals surface area (Å²) in [6.07, 6.45) is 0. The molecule has 0 radical (unpaired) electrons. The molecular weight excluding hydrogens is 320 g/mol. The first-order valence-corrected chi connectivity index (χ1v) is 8.80. The van der Waals surface area contributed by atoms with Crippen molar-refractivity contribution in [3.8, 4) is 0 Å². The average molecular weight is 355 g/mol. The van der Waals surface area contributed by atoms with Gasteiger partial charge in [-0.05, 0) is 23.6 Å². The van der Waals surface area contributed by atoms with Gasteiger partial charge in [0.15, 0.2) is 0 Å². The fourth-order valence-electron chi connectivity index (χ4n) is 2.81. The summed E-state index contributed by atoms with van der Waals surface area (Å²) in [5.41, 5.74) is 3.83. The van der Waals surface area contributed by atoms with E-state index < -0.39 is 0 Å². The second kappa shape index (κ2) is 13.8. The molecule has 0 spiro atoms. The molecule has 3 rings (SSSR count). The van der Waals surface area contributed by atoms with Crippen molar-refractivity contribution in [3.63, 3.8) is 0 Å². The summed E-state index contributed by atoms with van der Waals surface area (Å²) in [6.45, 7) is 6.30. The van der Waals surface area contributed by atoms with Gasteiger partial charge in [-0.3, -0.25) is 0 Å². The van der Waals surface area contributed by atoms with Crippen LogP contribution in [0.4, 0.5) is 0 Å². The van der Waals surface area contributed by atoms with E-state index >= 15 is 0 Å². The van der Waals surface area contributed by atoms with Crippen molar-refractivity contribution in [2.45, 2.75) is 26.2 Å². The fourth-order valence-corrected chi connectivity index (χ4v) is 2.81. The molecule has 0 saturated heterocycles. The zero-order chi connectivity index (χ0) is 21.3. The van der Waals surface area contributed by atoms with Crippen LogP contribution in [-0.2, 0) is 5.41 Å². The molecule has 3 aromatic carbocycles. The molecule has 0 unspecified atom stereocenters. The molecular formula is C24H32O2. The largest absolute Gasteiger partial charge is 0.400 e. The van der Waals surface area contributed by atoms with Crippen LogP contribution in [-0.4, -0.2) is 27.3 Å². The Morgan fingerprint density at radius 3 is 0.962 bits per heavy atom. The van der Waals surface area contributed by atoms with E-state index in [1.807, 2.05) is 13.8 Å². The van der Waals surface area contributed by atoms with Gasteiger partial charge in [0.1, 0.15) is 0 Å². The Morgan fingerprint density at radius 1 is 0.577 bits per heavy atom. The van der Waals surface area contributed by atoms with Gasteiger partial charge in [0.05, 0.1) is 0 Å². The maximum absolute atomic E-state index is 5.71. The van der Waals surface area contributed by atoms with Gasteiger partial charge in [-0.15, -0.1) is 0 Å². The second-order valence-electron chi connectivity index (χ2n) is 5.22. The zero-order valence-electron chi connectivity index (χ0n) is 18.5. The Hall–Kier alpha value is -2.42. The lowest BCUT2D eigenvalue weighted by molar-refractivity contribution is 0.399.